The third-order valence-corrected chi connectivity index (χ3v) is 9.35. The van der Waals surface area contributed by atoms with Crippen LogP contribution < -0.4 is 0 Å². The Kier molecular flexibility index (Phi) is 48.3. The van der Waals surface area contributed by atoms with E-state index in [2.05, 4.69) is 6.92 Å². The summed E-state index contributed by atoms with van der Waals surface area (Å²) in [4.78, 5) is 0. The number of ether oxygens (including phenoxy) is 12. The number of benzene rings is 1. The molecule has 0 bridgehead atoms. The van der Waals surface area contributed by atoms with Gasteiger partial charge in [-0.3, -0.25) is 0 Å². The van der Waals surface area contributed by atoms with E-state index in [1.807, 2.05) is 30.3 Å². The van der Waals surface area contributed by atoms with E-state index in [0.717, 1.165) is 18.6 Å². The summed E-state index contributed by atoms with van der Waals surface area (Å²) in [5, 5.41) is 0. The molecule has 0 spiro atoms. The molecule has 12 heteroatoms. The van der Waals surface area contributed by atoms with Crippen LogP contribution in [0.2, 0.25) is 0 Å². The Hall–Kier alpha value is -1.26. The first-order valence-corrected chi connectivity index (χ1v) is 23.4. The van der Waals surface area contributed by atoms with Crippen molar-refractivity contribution < 1.29 is 56.8 Å². The molecule has 0 heterocycles. The quantitative estimate of drug-likeness (QED) is 0.0586. The monoisotopic (exact) mass is 845 g/mol. The standard InChI is InChI=1S/C47H88O12/c1-2-3-4-5-6-7-8-9-10-11-12-13-14-15-16-20-23-48-24-25-49-26-27-50-28-29-51-30-31-52-32-33-53-34-35-54-36-37-55-38-39-56-40-41-57-42-43-58-44-45-59-46-47-21-18-17-19-22-47/h17-19,21-22H,2-16,20,23-46H2,1H3. The van der Waals surface area contributed by atoms with E-state index in [-0.39, 0.29) is 0 Å². The SMILES string of the molecule is CCCCCCCCCCCCCCCCCCOCCOCCOCCOCCOCCOCCOCCOCCOCCOCCOCCOCc1ccccc1. The minimum Gasteiger partial charge on any atom is -0.379 e. The summed E-state index contributed by atoms with van der Waals surface area (Å²) in [5.74, 6) is 0. The summed E-state index contributed by atoms with van der Waals surface area (Å²) in [6.07, 6.45) is 22.2. The molecular formula is C47H88O12. The van der Waals surface area contributed by atoms with Gasteiger partial charge in [-0.05, 0) is 12.0 Å². The zero-order valence-electron chi connectivity index (χ0n) is 37.6. The van der Waals surface area contributed by atoms with Crippen molar-refractivity contribution in [3.05, 3.63) is 35.9 Å². The fourth-order valence-corrected chi connectivity index (χ4v) is 5.94. The predicted molar refractivity (Wildman–Crippen MR) is 235 cm³/mol. The summed E-state index contributed by atoms with van der Waals surface area (Å²) in [6, 6.07) is 10.1. The number of unbranched alkanes of at least 4 members (excludes halogenated alkanes) is 15. The van der Waals surface area contributed by atoms with Crippen LogP contribution in [0.4, 0.5) is 0 Å². The smallest absolute Gasteiger partial charge is 0.0718 e. The van der Waals surface area contributed by atoms with Crippen LogP contribution in [-0.2, 0) is 63.4 Å². The van der Waals surface area contributed by atoms with Crippen molar-refractivity contribution in [3.63, 3.8) is 0 Å². The van der Waals surface area contributed by atoms with Gasteiger partial charge in [-0.25, -0.2) is 0 Å². The van der Waals surface area contributed by atoms with E-state index in [9.17, 15) is 0 Å². The van der Waals surface area contributed by atoms with Gasteiger partial charge in [0, 0.05) is 6.61 Å². The summed E-state index contributed by atoms with van der Waals surface area (Å²) < 4.78 is 66.6. The molecule has 0 saturated carbocycles. The van der Waals surface area contributed by atoms with Crippen LogP contribution in [0.5, 0.6) is 0 Å². The maximum atomic E-state index is 5.70. The maximum absolute atomic E-state index is 5.70. The molecule has 0 N–H and O–H groups in total. The van der Waals surface area contributed by atoms with Crippen molar-refractivity contribution in [2.24, 2.45) is 0 Å². The van der Waals surface area contributed by atoms with Crippen molar-refractivity contribution >= 4 is 0 Å². The van der Waals surface area contributed by atoms with Crippen molar-refractivity contribution in [2.75, 3.05) is 152 Å². The van der Waals surface area contributed by atoms with Gasteiger partial charge in [-0.2, -0.15) is 0 Å². The minimum atomic E-state index is 0.517. The molecule has 0 aliphatic heterocycles. The Morgan fingerprint density at radius 3 is 0.729 bits per heavy atom. The van der Waals surface area contributed by atoms with Crippen LogP contribution in [0, 0.1) is 0 Å². The summed E-state index contributed by atoms with van der Waals surface area (Å²) in [6.45, 7) is 15.6. The van der Waals surface area contributed by atoms with E-state index in [1.54, 1.807) is 0 Å². The molecule has 0 amide bonds. The molecule has 1 aromatic carbocycles. The molecule has 1 aromatic rings. The second-order valence-corrected chi connectivity index (χ2v) is 14.6. The molecule has 0 radical (unpaired) electrons. The Bertz CT molecular complexity index is 884. The molecule has 0 fully saturated rings. The molecule has 0 saturated heterocycles. The lowest BCUT2D eigenvalue weighted by Gasteiger charge is -2.09. The van der Waals surface area contributed by atoms with Crippen molar-refractivity contribution in [1.82, 2.24) is 0 Å². The van der Waals surface area contributed by atoms with Crippen LogP contribution >= 0.6 is 0 Å². The lowest BCUT2D eigenvalue weighted by molar-refractivity contribution is -0.0285. The van der Waals surface area contributed by atoms with Crippen molar-refractivity contribution in [1.29, 1.82) is 0 Å². The van der Waals surface area contributed by atoms with E-state index in [4.69, 9.17) is 56.8 Å². The topological polar surface area (TPSA) is 111 Å². The third kappa shape index (κ3) is 47.6. The van der Waals surface area contributed by atoms with Crippen molar-refractivity contribution in [3.8, 4) is 0 Å². The molecule has 0 unspecified atom stereocenters. The predicted octanol–water partition coefficient (Wildman–Crippen LogP) is 8.65. The van der Waals surface area contributed by atoms with Crippen LogP contribution in [-0.4, -0.2) is 152 Å². The minimum absolute atomic E-state index is 0.517. The Morgan fingerprint density at radius 1 is 0.237 bits per heavy atom. The molecule has 0 atom stereocenters. The summed E-state index contributed by atoms with van der Waals surface area (Å²) in [7, 11) is 0. The fourth-order valence-electron chi connectivity index (χ4n) is 5.94. The maximum Gasteiger partial charge on any atom is 0.0718 e. The third-order valence-electron chi connectivity index (χ3n) is 9.35. The molecular weight excluding hydrogens is 757 g/mol. The van der Waals surface area contributed by atoms with Gasteiger partial charge in [-0.15, -0.1) is 0 Å². The van der Waals surface area contributed by atoms with E-state index in [1.165, 1.54) is 96.3 Å². The first-order chi connectivity index (χ1) is 29.4. The zero-order chi connectivity index (χ0) is 41.9. The van der Waals surface area contributed by atoms with Crippen molar-refractivity contribution in [2.45, 2.75) is 116 Å². The summed E-state index contributed by atoms with van der Waals surface area (Å²) >= 11 is 0. The Labute approximate surface area is 360 Å². The second-order valence-electron chi connectivity index (χ2n) is 14.6. The first-order valence-electron chi connectivity index (χ1n) is 23.4. The van der Waals surface area contributed by atoms with Gasteiger partial charge in [0.1, 0.15) is 0 Å². The van der Waals surface area contributed by atoms with Gasteiger partial charge in [-0.1, -0.05) is 134 Å². The van der Waals surface area contributed by atoms with E-state index in [0.29, 0.717) is 152 Å². The molecule has 1 rings (SSSR count). The lowest BCUT2D eigenvalue weighted by Crippen LogP contribution is -2.15. The van der Waals surface area contributed by atoms with E-state index >= 15 is 0 Å². The van der Waals surface area contributed by atoms with E-state index < -0.39 is 0 Å². The second kappa shape index (κ2) is 51.1. The highest BCUT2D eigenvalue weighted by atomic mass is 16.6. The molecule has 12 nitrogen and oxygen atoms in total. The molecule has 0 aromatic heterocycles. The Balaban J connectivity index is 1.59. The van der Waals surface area contributed by atoms with Crippen LogP contribution in [0.1, 0.15) is 115 Å². The highest BCUT2D eigenvalue weighted by Crippen LogP contribution is 2.13. The Morgan fingerprint density at radius 2 is 0.458 bits per heavy atom. The van der Waals surface area contributed by atoms with Crippen LogP contribution in [0.25, 0.3) is 0 Å². The molecule has 348 valence electrons. The first kappa shape index (κ1) is 55.8. The van der Waals surface area contributed by atoms with Gasteiger partial charge in [0.15, 0.2) is 0 Å². The van der Waals surface area contributed by atoms with Crippen LogP contribution in [0.15, 0.2) is 30.3 Å². The van der Waals surface area contributed by atoms with Gasteiger partial charge in [0.05, 0.1) is 152 Å². The number of rotatable bonds is 52. The fraction of sp³-hybridized carbons (Fsp3) is 0.872. The number of hydrogen-bond donors (Lipinski definition) is 0. The largest absolute Gasteiger partial charge is 0.379 e. The average molecular weight is 845 g/mol. The number of hydrogen-bond acceptors (Lipinski definition) is 12. The molecule has 0 aliphatic rings. The van der Waals surface area contributed by atoms with Gasteiger partial charge in [0.2, 0.25) is 0 Å². The summed E-state index contributed by atoms with van der Waals surface area (Å²) in [5.41, 5.74) is 1.16. The average Bonchev–Trinajstić information content (AvgIpc) is 3.26. The van der Waals surface area contributed by atoms with Gasteiger partial charge >= 0.3 is 0 Å². The normalized spacial score (nSPS) is 11.6. The lowest BCUT2D eigenvalue weighted by atomic mass is 10.0. The molecule has 59 heavy (non-hydrogen) atoms. The van der Waals surface area contributed by atoms with Gasteiger partial charge in [0.25, 0.3) is 0 Å². The molecule has 0 aliphatic carbocycles. The highest BCUT2D eigenvalue weighted by Gasteiger charge is 1.99. The van der Waals surface area contributed by atoms with Gasteiger partial charge < -0.3 is 56.8 Å². The highest BCUT2D eigenvalue weighted by molar-refractivity contribution is 5.13. The van der Waals surface area contributed by atoms with Crippen LogP contribution in [0.3, 0.4) is 0 Å². The zero-order valence-corrected chi connectivity index (χ0v) is 37.6.